The van der Waals surface area contributed by atoms with Gasteiger partial charge in [-0.05, 0) is 42.8 Å². The van der Waals surface area contributed by atoms with E-state index in [1.165, 1.54) is 6.39 Å². The fraction of sp³-hybridized carbons (Fsp3) is 0.212. The van der Waals surface area contributed by atoms with Crippen molar-refractivity contribution in [3.63, 3.8) is 0 Å². The van der Waals surface area contributed by atoms with Crippen LogP contribution in [0.4, 0.5) is 16.3 Å². The maximum Gasteiger partial charge on any atom is 0.324 e. The minimum Gasteiger partial charge on any atom is -0.493 e. The summed E-state index contributed by atoms with van der Waals surface area (Å²) in [5.41, 5.74) is 5.65. The summed E-state index contributed by atoms with van der Waals surface area (Å²) >= 11 is 0. The minimum atomic E-state index is -0.364. The van der Waals surface area contributed by atoms with E-state index in [4.69, 9.17) is 14.3 Å². The molecular weight excluding hydrogens is 528 g/mol. The van der Waals surface area contributed by atoms with Gasteiger partial charge in [0.2, 0.25) is 5.71 Å². The third-order valence-corrected chi connectivity index (χ3v) is 7.08. The summed E-state index contributed by atoms with van der Waals surface area (Å²) in [6, 6.07) is 23.1. The molecular formula is C33H32N6O3. The SMILES string of the molecule is Cc1ccc(-n2nc(C(C)(C)C)cc2NC(=O)Nc2ccc(OCCc3ccnc4ocnc34)c3ccccc23)cc1. The highest BCUT2D eigenvalue weighted by atomic mass is 16.5. The number of ether oxygens (including phenoxy) is 1. The molecule has 6 aromatic rings. The van der Waals surface area contributed by atoms with Crippen molar-refractivity contribution in [3.05, 3.63) is 102 Å². The highest BCUT2D eigenvalue weighted by Gasteiger charge is 2.22. The molecule has 3 aromatic heterocycles. The van der Waals surface area contributed by atoms with Gasteiger partial charge in [0.05, 0.1) is 23.7 Å². The van der Waals surface area contributed by atoms with E-state index in [0.29, 0.717) is 30.2 Å². The Hall–Kier alpha value is -5.18. The largest absolute Gasteiger partial charge is 0.493 e. The standard InChI is InChI=1S/C33H32N6O3/c1-21-9-11-23(12-10-21)39-29(19-28(38-39)33(2,3)4)37-32(40)36-26-13-14-27(25-8-6-5-7-24(25)26)41-18-16-22-15-17-34-31-30(22)35-20-42-31/h5-15,17,19-20H,16,18H2,1-4H3,(H2,36,37,40). The van der Waals surface area contributed by atoms with Crippen molar-refractivity contribution >= 4 is 39.5 Å². The van der Waals surface area contributed by atoms with Crippen LogP contribution in [-0.2, 0) is 11.8 Å². The van der Waals surface area contributed by atoms with E-state index in [1.54, 1.807) is 10.9 Å². The number of amides is 2. The van der Waals surface area contributed by atoms with E-state index < -0.39 is 0 Å². The van der Waals surface area contributed by atoms with Gasteiger partial charge in [0.15, 0.2) is 6.39 Å². The number of anilines is 2. The fourth-order valence-electron chi connectivity index (χ4n) is 4.79. The van der Waals surface area contributed by atoms with Gasteiger partial charge < -0.3 is 14.5 Å². The Morgan fingerprint density at radius 1 is 0.952 bits per heavy atom. The molecule has 0 aliphatic heterocycles. The topological polar surface area (TPSA) is 107 Å². The summed E-state index contributed by atoms with van der Waals surface area (Å²) in [7, 11) is 0. The van der Waals surface area contributed by atoms with E-state index >= 15 is 0 Å². The van der Waals surface area contributed by atoms with Gasteiger partial charge in [-0.25, -0.2) is 19.4 Å². The molecule has 3 heterocycles. The smallest absolute Gasteiger partial charge is 0.324 e. The van der Waals surface area contributed by atoms with Crippen LogP contribution in [0.5, 0.6) is 5.75 Å². The molecule has 0 fully saturated rings. The van der Waals surface area contributed by atoms with Crippen LogP contribution in [0.1, 0.15) is 37.6 Å². The molecule has 6 rings (SSSR count). The summed E-state index contributed by atoms with van der Waals surface area (Å²) in [6.07, 6.45) is 3.76. The average molecular weight is 561 g/mol. The summed E-state index contributed by atoms with van der Waals surface area (Å²) in [5, 5.41) is 12.6. The number of aromatic nitrogens is 4. The number of carbonyl (C=O) groups excluding carboxylic acids is 1. The third-order valence-electron chi connectivity index (χ3n) is 7.08. The second-order valence-corrected chi connectivity index (χ2v) is 11.2. The highest BCUT2D eigenvalue weighted by molar-refractivity contribution is 6.07. The maximum atomic E-state index is 13.3. The van der Waals surface area contributed by atoms with Crippen molar-refractivity contribution in [2.45, 2.75) is 39.5 Å². The first kappa shape index (κ1) is 27.0. The number of hydrogen-bond acceptors (Lipinski definition) is 6. The second kappa shape index (κ2) is 11.0. The van der Waals surface area contributed by atoms with Crippen LogP contribution in [0.3, 0.4) is 0 Å². The van der Waals surface area contributed by atoms with E-state index in [0.717, 1.165) is 44.5 Å². The first-order valence-electron chi connectivity index (χ1n) is 13.8. The molecule has 0 bridgehead atoms. The molecule has 0 atom stereocenters. The second-order valence-electron chi connectivity index (χ2n) is 11.2. The summed E-state index contributed by atoms with van der Waals surface area (Å²) in [4.78, 5) is 21.8. The van der Waals surface area contributed by atoms with Crippen LogP contribution in [0, 0.1) is 6.92 Å². The fourth-order valence-corrected chi connectivity index (χ4v) is 4.79. The first-order chi connectivity index (χ1) is 20.3. The normalized spacial score (nSPS) is 11.6. The summed E-state index contributed by atoms with van der Waals surface area (Å²) < 4.78 is 13.3. The molecule has 2 N–H and O–H groups in total. The molecule has 2 amide bonds. The highest BCUT2D eigenvalue weighted by Crippen LogP contribution is 2.32. The third kappa shape index (κ3) is 5.54. The Bertz CT molecular complexity index is 1880. The van der Waals surface area contributed by atoms with E-state index in [2.05, 4.69) is 41.4 Å². The molecule has 42 heavy (non-hydrogen) atoms. The molecule has 3 aromatic carbocycles. The lowest BCUT2D eigenvalue weighted by Gasteiger charge is -2.14. The number of hydrogen-bond donors (Lipinski definition) is 2. The lowest BCUT2D eigenvalue weighted by Crippen LogP contribution is -2.21. The molecule has 0 spiro atoms. The number of rotatable bonds is 7. The number of nitrogens with zero attached hydrogens (tertiary/aromatic N) is 4. The Balaban J connectivity index is 1.21. The minimum absolute atomic E-state index is 0.187. The molecule has 212 valence electrons. The Kier molecular flexibility index (Phi) is 7.08. The zero-order valence-corrected chi connectivity index (χ0v) is 24.0. The van der Waals surface area contributed by atoms with Crippen LogP contribution in [0.25, 0.3) is 27.7 Å². The molecule has 0 saturated carbocycles. The average Bonchev–Trinajstić information content (AvgIpc) is 3.63. The number of urea groups is 1. The van der Waals surface area contributed by atoms with Crippen molar-refractivity contribution < 1.29 is 13.9 Å². The maximum absolute atomic E-state index is 13.3. The van der Waals surface area contributed by atoms with Crippen LogP contribution in [0.15, 0.2) is 89.8 Å². The zero-order valence-electron chi connectivity index (χ0n) is 24.0. The molecule has 0 unspecified atom stereocenters. The molecule has 0 aliphatic carbocycles. The molecule has 0 aliphatic rings. The number of nitrogens with one attached hydrogen (secondary N) is 2. The number of benzene rings is 3. The van der Waals surface area contributed by atoms with Gasteiger partial charge in [0.1, 0.15) is 17.1 Å². The van der Waals surface area contributed by atoms with Gasteiger partial charge in [-0.3, -0.25) is 5.32 Å². The van der Waals surface area contributed by atoms with Gasteiger partial charge in [-0.15, -0.1) is 0 Å². The number of fused-ring (bicyclic) bond motifs is 2. The van der Waals surface area contributed by atoms with E-state index in [9.17, 15) is 4.79 Å². The molecule has 9 heteroatoms. The van der Waals surface area contributed by atoms with E-state index in [-0.39, 0.29) is 11.4 Å². The summed E-state index contributed by atoms with van der Waals surface area (Å²) in [5.74, 6) is 1.32. The number of oxazole rings is 1. The van der Waals surface area contributed by atoms with Gasteiger partial charge in [0, 0.05) is 34.9 Å². The quantitative estimate of drug-likeness (QED) is 0.210. The van der Waals surface area contributed by atoms with Crippen LogP contribution in [-0.4, -0.2) is 32.4 Å². The van der Waals surface area contributed by atoms with Gasteiger partial charge in [0.25, 0.3) is 0 Å². The van der Waals surface area contributed by atoms with E-state index in [1.807, 2.05) is 79.7 Å². The Morgan fingerprint density at radius 2 is 1.74 bits per heavy atom. The number of carbonyl (C=O) groups is 1. The van der Waals surface area contributed by atoms with Crippen LogP contribution < -0.4 is 15.4 Å². The predicted octanol–water partition coefficient (Wildman–Crippen LogP) is 7.43. The predicted molar refractivity (Wildman–Crippen MR) is 165 cm³/mol. The van der Waals surface area contributed by atoms with Gasteiger partial charge in [-0.2, -0.15) is 5.10 Å². The lowest BCUT2D eigenvalue weighted by molar-refractivity contribution is 0.262. The van der Waals surface area contributed by atoms with Gasteiger partial charge >= 0.3 is 6.03 Å². The zero-order chi connectivity index (χ0) is 29.3. The lowest BCUT2D eigenvalue weighted by atomic mass is 9.92. The van der Waals surface area contributed by atoms with Crippen molar-refractivity contribution in [1.29, 1.82) is 0 Å². The molecule has 0 radical (unpaired) electrons. The summed E-state index contributed by atoms with van der Waals surface area (Å²) in [6.45, 7) is 8.78. The monoisotopic (exact) mass is 560 g/mol. The van der Waals surface area contributed by atoms with Crippen molar-refractivity contribution in [2.24, 2.45) is 0 Å². The Morgan fingerprint density at radius 3 is 2.52 bits per heavy atom. The van der Waals surface area contributed by atoms with Crippen molar-refractivity contribution in [3.8, 4) is 11.4 Å². The number of pyridine rings is 1. The first-order valence-corrected chi connectivity index (χ1v) is 13.8. The number of aryl methyl sites for hydroxylation is 1. The van der Waals surface area contributed by atoms with Crippen LogP contribution >= 0.6 is 0 Å². The molecule has 0 saturated heterocycles. The van der Waals surface area contributed by atoms with Crippen molar-refractivity contribution in [1.82, 2.24) is 19.7 Å². The Labute approximate surface area is 243 Å². The van der Waals surface area contributed by atoms with Crippen molar-refractivity contribution in [2.75, 3.05) is 17.2 Å². The van der Waals surface area contributed by atoms with Crippen LogP contribution in [0.2, 0.25) is 0 Å². The molecule has 9 nitrogen and oxygen atoms in total. The van der Waals surface area contributed by atoms with Gasteiger partial charge in [-0.1, -0.05) is 62.7 Å².